The lowest BCUT2D eigenvalue weighted by atomic mass is 10.1. The van der Waals surface area contributed by atoms with Gasteiger partial charge >= 0.3 is 0 Å². The topological polar surface area (TPSA) is 47.6 Å². The van der Waals surface area contributed by atoms with E-state index in [1.165, 1.54) is 5.56 Å². The standard InChI is InChI=1S/C20H21NO3/c1-14(2)20(22)21-17-9-6-15(7-10-17)4-3-5-16-8-11-18-19(12-16)24-13-23-18/h3-4,6-12,14H,5,13H2,1-2H3,(H,21,22)/b4-3+. The van der Waals surface area contributed by atoms with Crippen molar-refractivity contribution < 1.29 is 14.3 Å². The van der Waals surface area contributed by atoms with E-state index < -0.39 is 0 Å². The highest BCUT2D eigenvalue weighted by Gasteiger charge is 2.12. The van der Waals surface area contributed by atoms with Crippen LogP contribution in [0.1, 0.15) is 25.0 Å². The molecule has 2 aromatic rings. The first-order valence-corrected chi connectivity index (χ1v) is 8.08. The summed E-state index contributed by atoms with van der Waals surface area (Å²) >= 11 is 0. The Balaban J connectivity index is 1.57. The molecule has 2 aromatic carbocycles. The van der Waals surface area contributed by atoms with Crippen LogP contribution in [0.25, 0.3) is 6.08 Å². The van der Waals surface area contributed by atoms with Crippen LogP contribution < -0.4 is 14.8 Å². The molecule has 0 atom stereocenters. The van der Waals surface area contributed by atoms with Gasteiger partial charge < -0.3 is 14.8 Å². The summed E-state index contributed by atoms with van der Waals surface area (Å²) in [5, 5.41) is 2.89. The van der Waals surface area contributed by atoms with E-state index in [4.69, 9.17) is 9.47 Å². The highest BCUT2D eigenvalue weighted by atomic mass is 16.7. The first-order chi connectivity index (χ1) is 11.6. The third-order valence-electron chi connectivity index (χ3n) is 3.80. The Bertz CT molecular complexity index is 748. The molecule has 1 heterocycles. The highest BCUT2D eigenvalue weighted by molar-refractivity contribution is 5.92. The van der Waals surface area contributed by atoms with Crippen molar-refractivity contribution in [2.24, 2.45) is 5.92 Å². The second-order valence-corrected chi connectivity index (χ2v) is 6.06. The van der Waals surface area contributed by atoms with Gasteiger partial charge in [-0.15, -0.1) is 0 Å². The van der Waals surface area contributed by atoms with Crippen LogP contribution in [0.15, 0.2) is 48.5 Å². The van der Waals surface area contributed by atoms with Crippen molar-refractivity contribution in [1.82, 2.24) is 0 Å². The molecule has 0 spiro atoms. The van der Waals surface area contributed by atoms with Crippen molar-refractivity contribution in [2.75, 3.05) is 12.1 Å². The van der Waals surface area contributed by atoms with Gasteiger partial charge in [0.2, 0.25) is 12.7 Å². The molecule has 24 heavy (non-hydrogen) atoms. The smallest absolute Gasteiger partial charge is 0.231 e. The summed E-state index contributed by atoms with van der Waals surface area (Å²) in [5.41, 5.74) is 3.09. The number of allylic oxidation sites excluding steroid dienone is 1. The molecule has 4 nitrogen and oxygen atoms in total. The Morgan fingerprint density at radius 3 is 2.62 bits per heavy atom. The molecular weight excluding hydrogens is 302 g/mol. The summed E-state index contributed by atoms with van der Waals surface area (Å²) in [6, 6.07) is 13.8. The van der Waals surface area contributed by atoms with E-state index in [0.29, 0.717) is 6.79 Å². The van der Waals surface area contributed by atoms with E-state index >= 15 is 0 Å². The first-order valence-electron chi connectivity index (χ1n) is 8.08. The Kier molecular flexibility index (Phi) is 4.85. The van der Waals surface area contributed by atoms with Gasteiger partial charge in [-0.3, -0.25) is 4.79 Å². The summed E-state index contributed by atoms with van der Waals surface area (Å²) in [5.74, 6) is 1.63. The van der Waals surface area contributed by atoms with Gasteiger partial charge in [-0.2, -0.15) is 0 Å². The monoisotopic (exact) mass is 323 g/mol. The zero-order chi connectivity index (χ0) is 16.9. The average Bonchev–Trinajstić information content (AvgIpc) is 3.04. The normalized spacial score (nSPS) is 12.8. The van der Waals surface area contributed by atoms with Crippen LogP contribution in [0, 0.1) is 5.92 Å². The largest absolute Gasteiger partial charge is 0.454 e. The predicted molar refractivity (Wildman–Crippen MR) is 95.2 cm³/mol. The van der Waals surface area contributed by atoms with Gasteiger partial charge in [0.05, 0.1) is 0 Å². The van der Waals surface area contributed by atoms with Crippen molar-refractivity contribution in [3.63, 3.8) is 0 Å². The molecule has 0 bridgehead atoms. The van der Waals surface area contributed by atoms with Gasteiger partial charge in [0, 0.05) is 11.6 Å². The van der Waals surface area contributed by atoms with Gasteiger partial charge in [0.15, 0.2) is 11.5 Å². The van der Waals surface area contributed by atoms with Crippen molar-refractivity contribution >= 4 is 17.7 Å². The lowest BCUT2D eigenvalue weighted by molar-refractivity contribution is -0.118. The molecule has 3 rings (SSSR count). The quantitative estimate of drug-likeness (QED) is 0.894. The number of fused-ring (bicyclic) bond motifs is 1. The van der Waals surface area contributed by atoms with E-state index in [-0.39, 0.29) is 11.8 Å². The summed E-state index contributed by atoms with van der Waals surface area (Å²) in [6.07, 6.45) is 5.00. The molecule has 1 aliphatic rings. The average molecular weight is 323 g/mol. The van der Waals surface area contributed by atoms with E-state index in [2.05, 4.69) is 17.5 Å². The number of nitrogens with one attached hydrogen (secondary N) is 1. The first kappa shape index (κ1) is 16.1. The molecule has 0 fully saturated rings. The molecule has 0 aromatic heterocycles. The fraction of sp³-hybridized carbons (Fsp3) is 0.250. The van der Waals surface area contributed by atoms with E-state index in [0.717, 1.165) is 29.2 Å². The van der Waals surface area contributed by atoms with E-state index in [1.54, 1.807) is 0 Å². The molecule has 1 N–H and O–H groups in total. The van der Waals surface area contributed by atoms with Crippen LogP contribution in [-0.2, 0) is 11.2 Å². The van der Waals surface area contributed by atoms with Gasteiger partial charge in [-0.1, -0.05) is 44.2 Å². The Hall–Kier alpha value is -2.75. The Morgan fingerprint density at radius 2 is 1.88 bits per heavy atom. The second kappa shape index (κ2) is 7.21. The number of carbonyl (C=O) groups excluding carboxylic acids is 1. The summed E-state index contributed by atoms with van der Waals surface area (Å²) < 4.78 is 10.7. The fourth-order valence-electron chi connectivity index (χ4n) is 2.36. The van der Waals surface area contributed by atoms with Crippen LogP contribution in [-0.4, -0.2) is 12.7 Å². The van der Waals surface area contributed by atoms with Gasteiger partial charge in [0.1, 0.15) is 0 Å². The van der Waals surface area contributed by atoms with Crippen molar-refractivity contribution in [1.29, 1.82) is 0 Å². The van der Waals surface area contributed by atoms with Crippen LogP contribution in [0.3, 0.4) is 0 Å². The summed E-state index contributed by atoms with van der Waals surface area (Å²) in [6.45, 7) is 4.06. The van der Waals surface area contributed by atoms with Crippen molar-refractivity contribution in [3.8, 4) is 11.5 Å². The molecule has 124 valence electrons. The minimum Gasteiger partial charge on any atom is -0.454 e. The van der Waals surface area contributed by atoms with Crippen molar-refractivity contribution in [2.45, 2.75) is 20.3 Å². The lowest BCUT2D eigenvalue weighted by Gasteiger charge is -2.07. The number of ether oxygens (including phenoxy) is 2. The van der Waals surface area contributed by atoms with E-state index in [9.17, 15) is 4.79 Å². The van der Waals surface area contributed by atoms with Gasteiger partial charge in [0.25, 0.3) is 0 Å². The number of hydrogen-bond donors (Lipinski definition) is 1. The number of rotatable bonds is 5. The van der Waals surface area contributed by atoms with Crippen LogP contribution >= 0.6 is 0 Å². The van der Waals surface area contributed by atoms with Crippen molar-refractivity contribution in [3.05, 3.63) is 59.7 Å². The molecule has 0 saturated carbocycles. The lowest BCUT2D eigenvalue weighted by Crippen LogP contribution is -2.17. The maximum absolute atomic E-state index is 11.7. The Labute approximate surface area is 142 Å². The molecule has 4 heteroatoms. The summed E-state index contributed by atoms with van der Waals surface area (Å²) in [7, 11) is 0. The Morgan fingerprint density at radius 1 is 1.12 bits per heavy atom. The molecule has 0 aliphatic carbocycles. The molecular formula is C20H21NO3. The molecule has 0 unspecified atom stereocenters. The van der Waals surface area contributed by atoms with E-state index in [1.807, 2.05) is 56.3 Å². The second-order valence-electron chi connectivity index (χ2n) is 6.06. The number of amides is 1. The van der Waals surface area contributed by atoms with Crippen LogP contribution in [0.2, 0.25) is 0 Å². The van der Waals surface area contributed by atoms with Gasteiger partial charge in [-0.25, -0.2) is 0 Å². The predicted octanol–water partition coefficient (Wildman–Crippen LogP) is 4.27. The fourth-order valence-corrected chi connectivity index (χ4v) is 2.36. The molecule has 1 aliphatic heterocycles. The minimum atomic E-state index is -0.0220. The van der Waals surface area contributed by atoms with Crippen LogP contribution in [0.4, 0.5) is 5.69 Å². The minimum absolute atomic E-state index is 0.0220. The molecule has 0 radical (unpaired) electrons. The molecule has 0 saturated heterocycles. The SMILES string of the molecule is CC(C)C(=O)Nc1ccc(/C=C/Cc2ccc3c(c2)OCO3)cc1. The number of benzene rings is 2. The molecule has 1 amide bonds. The van der Waals surface area contributed by atoms with Crippen LogP contribution in [0.5, 0.6) is 11.5 Å². The summed E-state index contributed by atoms with van der Waals surface area (Å²) in [4.78, 5) is 11.7. The number of hydrogen-bond acceptors (Lipinski definition) is 3. The van der Waals surface area contributed by atoms with Gasteiger partial charge in [-0.05, 0) is 41.8 Å². The third-order valence-corrected chi connectivity index (χ3v) is 3.80. The maximum Gasteiger partial charge on any atom is 0.231 e. The highest BCUT2D eigenvalue weighted by Crippen LogP contribution is 2.32. The zero-order valence-electron chi connectivity index (χ0n) is 13.9. The maximum atomic E-state index is 11.7. The number of carbonyl (C=O) groups is 1. The third kappa shape index (κ3) is 3.96. The number of anilines is 1. The zero-order valence-corrected chi connectivity index (χ0v) is 13.9.